The van der Waals surface area contributed by atoms with Gasteiger partial charge in [0.1, 0.15) is 11.5 Å². The molecule has 3 heterocycles. The molecule has 4 aromatic rings. The van der Waals surface area contributed by atoms with Crippen molar-refractivity contribution in [3.63, 3.8) is 0 Å². The number of nitrogens with zero attached hydrogens (tertiary/aromatic N) is 4. The Bertz CT molecular complexity index is 1410. The third-order valence-corrected chi connectivity index (χ3v) is 4.93. The number of anilines is 1. The van der Waals surface area contributed by atoms with Crippen LogP contribution >= 0.6 is 0 Å². The molecule has 0 unspecified atom stereocenters. The first-order chi connectivity index (χ1) is 14.5. The SMILES string of the molecule is Cc1nc(-c2cccc(NC(=O)c3cnc4c(c3)c(=O)[nH]c(=O)n4C3CC3)c2)n[nH]1. The molecule has 0 aliphatic heterocycles. The maximum atomic E-state index is 12.7. The molecule has 1 fully saturated rings. The normalized spacial score (nSPS) is 13.5. The van der Waals surface area contributed by atoms with Crippen molar-refractivity contribution in [3.05, 3.63) is 68.8 Å². The molecule has 3 N–H and O–H groups in total. The molecule has 1 aromatic carbocycles. The summed E-state index contributed by atoms with van der Waals surface area (Å²) in [6, 6.07) is 8.63. The number of carbonyl (C=O) groups excluding carboxylic acids is 1. The molecule has 10 heteroatoms. The van der Waals surface area contributed by atoms with Crippen LogP contribution in [-0.4, -0.2) is 35.6 Å². The predicted molar refractivity (Wildman–Crippen MR) is 109 cm³/mol. The lowest BCUT2D eigenvalue weighted by Crippen LogP contribution is -2.30. The van der Waals surface area contributed by atoms with E-state index in [1.54, 1.807) is 25.1 Å². The number of aromatic nitrogens is 6. The van der Waals surface area contributed by atoms with Crippen molar-refractivity contribution in [1.29, 1.82) is 0 Å². The lowest BCUT2D eigenvalue weighted by Gasteiger charge is -2.09. The Morgan fingerprint density at radius 2 is 2.07 bits per heavy atom. The molecule has 1 amide bonds. The van der Waals surface area contributed by atoms with Gasteiger partial charge in [0.25, 0.3) is 11.5 Å². The topological polar surface area (TPSA) is 138 Å². The summed E-state index contributed by atoms with van der Waals surface area (Å²) in [6.45, 7) is 1.80. The number of carbonyl (C=O) groups is 1. The van der Waals surface area contributed by atoms with Crippen LogP contribution in [0.5, 0.6) is 0 Å². The second kappa shape index (κ2) is 6.76. The van der Waals surface area contributed by atoms with Crippen molar-refractivity contribution in [2.75, 3.05) is 5.32 Å². The van der Waals surface area contributed by atoms with Gasteiger partial charge in [-0.2, -0.15) is 5.10 Å². The number of aromatic amines is 2. The maximum absolute atomic E-state index is 12.7. The highest BCUT2D eigenvalue weighted by Crippen LogP contribution is 2.34. The first-order valence-corrected chi connectivity index (χ1v) is 9.45. The standard InChI is InChI=1S/C20H17N7O3/c1-10-22-16(26-25-10)11-3-2-4-13(7-11)23-18(28)12-8-15-17(21-9-12)27(14-5-6-14)20(30)24-19(15)29/h2-4,7-9,14H,5-6H2,1H3,(H,23,28)(H,22,25,26)(H,24,29,30). The van der Waals surface area contributed by atoms with Crippen molar-refractivity contribution >= 4 is 22.6 Å². The van der Waals surface area contributed by atoms with Gasteiger partial charge >= 0.3 is 5.69 Å². The zero-order valence-corrected chi connectivity index (χ0v) is 16.0. The summed E-state index contributed by atoms with van der Waals surface area (Å²) in [5, 5.41) is 9.90. The molecule has 10 nitrogen and oxygen atoms in total. The molecule has 1 aliphatic rings. The number of benzene rings is 1. The maximum Gasteiger partial charge on any atom is 0.330 e. The first-order valence-electron chi connectivity index (χ1n) is 9.45. The molecule has 5 rings (SSSR count). The van der Waals surface area contributed by atoms with E-state index in [1.165, 1.54) is 16.8 Å². The fraction of sp³-hybridized carbons (Fsp3) is 0.200. The highest BCUT2D eigenvalue weighted by atomic mass is 16.2. The van der Waals surface area contributed by atoms with E-state index in [0.717, 1.165) is 18.4 Å². The molecular weight excluding hydrogens is 386 g/mol. The number of H-pyrrole nitrogens is 2. The minimum absolute atomic E-state index is 0.0473. The highest BCUT2D eigenvalue weighted by molar-refractivity contribution is 6.05. The minimum atomic E-state index is -0.559. The van der Waals surface area contributed by atoms with Gasteiger partial charge in [0, 0.05) is 23.5 Å². The van der Waals surface area contributed by atoms with Crippen LogP contribution in [0.2, 0.25) is 0 Å². The minimum Gasteiger partial charge on any atom is -0.322 e. The number of pyridine rings is 1. The van der Waals surface area contributed by atoms with Crippen LogP contribution in [0, 0.1) is 6.92 Å². The van der Waals surface area contributed by atoms with Gasteiger partial charge in [-0.25, -0.2) is 14.8 Å². The van der Waals surface area contributed by atoms with Crippen LogP contribution in [-0.2, 0) is 0 Å². The average Bonchev–Trinajstić information content (AvgIpc) is 3.47. The van der Waals surface area contributed by atoms with Crippen molar-refractivity contribution in [3.8, 4) is 11.4 Å². The summed E-state index contributed by atoms with van der Waals surface area (Å²) in [4.78, 5) is 48.0. The zero-order chi connectivity index (χ0) is 20.8. The van der Waals surface area contributed by atoms with Crippen molar-refractivity contribution < 1.29 is 4.79 Å². The van der Waals surface area contributed by atoms with Gasteiger partial charge < -0.3 is 5.32 Å². The van der Waals surface area contributed by atoms with Crippen LogP contribution in [0.3, 0.4) is 0 Å². The van der Waals surface area contributed by atoms with E-state index in [1.807, 2.05) is 6.07 Å². The molecule has 150 valence electrons. The van der Waals surface area contributed by atoms with Gasteiger partial charge in [-0.1, -0.05) is 12.1 Å². The molecule has 30 heavy (non-hydrogen) atoms. The largest absolute Gasteiger partial charge is 0.330 e. The van der Waals surface area contributed by atoms with Gasteiger partial charge in [-0.3, -0.25) is 24.2 Å². The third-order valence-electron chi connectivity index (χ3n) is 4.93. The van der Waals surface area contributed by atoms with Gasteiger partial charge in [0.05, 0.1) is 10.9 Å². The molecule has 0 spiro atoms. The lowest BCUT2D eigenvalue weighted by atomic mass is 10.1. The van der Waals surface area contributed by atoms with Crippen LogP contribution in [0.25, 0.3) is 22.4 Å². The molecule has 1 aliphatic carbocycles. The van der Waals surface area contributed by atoms with Gasteiger partial charge in [-0.15, -0.1) is 0 Å². The summed E-state index contributed by atoms with van der Waals surface area (Å²) >= 11 is 0. The van der Waals surface area contributed by atoms with Crippen LogP contribution < -0.4 is 16.6 Å². The Kier molecular flexibility index (Phi) is 4.05. The van der Waals surface area contributed by atoms with E-state index in [0.29, 0.717) is 23.0 Å². The number of aryl methyl sites for hydroxylation is 1. The summed E-state index contributed by atoms with van der Waals surface area (Å²) in [5.41, 5.74) is 0.781. The summed E-state index contributed by atoms with van der Waals surface area (Å²) in [6.07, 6.45) is 3.11. The molecule has 0 bridgehead atoms. The second-order valence-electron chi connectivity index (χ2n) is 7.23. The average molecular weight is 403 g/mol. The number of fused-ring (bicyclic) bond motifs is 1. The monoisotopic (exact) mass is 403 g/mol. The molecular formula is C20H17N7O3. The van der Waals surface area contributed by atoms with Crippen molar-refractivity contribution in [2.24, 2.45) is 0 Å². The zero-order valence-electron chi connectivity index (χ0n) is 16.0. The molecule has 0 radical (unpaired) electrons. The highest BCUT2D eigenvalue weighted by Gasteiger charge is 2.27. The summed E-state index contributed by atoms with van der Waals surface area (Å²) in [5.74, 6) is 0.799. The van der Waals surface area contributed by atoms with Crippen LogP contribution in [0.1, 0.15) is 35.1 Å². The quantitative estimate of drug-likeness (QED) is 0.475. The number of hydrogen-bond acceptors (Lipinski definition) is 6. The fourth-order valence-electron chi connectivity index (χ4n) is 3.34. The van der Waals surface area contributed by atoms with Crippen LogP contribution in [0.4, 0.5) is 5.69 Å². The summed E-state index contributed by atoms with van der Waals surface area (Å²) in [7, 11) is 0. The number of amides is 1. The van der Waals surface area contributed by atoms with Gasteiger partial charge in [0.2, 0.25) is 0 Å². The molecule has 1 saturated carbocycles. The number of nitrogens with one attached hydrogen (secondary N) is 3. The Balaban J connectivity index is 1.47. The Labute approximate surface area is 169 Å². The predicted octanol–water partition coefficient (Wildman–Crippen LogP) is 1.77. The van der Waals surface area contributed by atoms with E-state index in [2.05, 4.69) is 30.5 Å². The number of hydrogen-bond donors (Lipinski definition) is 3. The van der Waals surface area contributed by atoms with Gasteiger partial charge in [0.15, 0.2) is 5.82 Å². The van der Waals surface area contributed by atoms with E-state index in [4.69, 9.17) is 0 Å². The van der Waals surface area contributed by atoms with Crippen molar-refractivity contribution in [1.82, 2.24) is 29.7 Å². The smallest absolute Gasteiger partial charge is 0.322 e. The first kappa shape index (κ1) is 18.0. The Morgan fingerprint density at radius 1 is 1.23 bits per heavy atom. The van der Waals surface area contributed by atoms with Crippen LogP contribution in [0.15, 0.2) is 46.1 Å². The Hall–Kier alpha value is -4.08. The second-order valence-corrected chi connectivity index (χ2v) is 7.23. The van der Waals surface area contributed by atoms with Crippen molar-refractivity contribution in [2.45, 2.75) is 25.8 Å². The Morgan fingerprint density at radius 3 is 2.80 bits per heavy atom. The van der Waals surface area contributed by atoms with E-state index >= 15 is 0 Å². The molecule has 0 saturated heterocycles. The molecule has 0 atom stereocenters. The third kappa shape index (κ3) is 3.17. The summed E-state index contributed by atoms with van der Waals surface area (Å²) < 4.78 is 1.49. The number of rotatable bonds is 4. The fourth-order valence-corrected chi connectivity index (χ4v) is 3.34. The van der Waals surface area contributed by atoms with Gasteiger partial charge in [-0.05, 0) is 38.0 Å². The van der Waals surface area contributed by atoms with E-state index < -0.39 is 17.2 Å². The van der Waals surface area contributed by atoms with E-state index in [-0.39, 0.29) is 17.0 Å². The van der Waals surface area contributed by atoms with E-state index in [9.17, 15) is 14.4 Å². The molecule has 3 aromatic heterocycles. The lowest BCUT2D eigenvalue weighted by molar-refractivity contribution is 0.102.